The van der Waals surface area contributed by atoms with E-state index in [4.69, 9.17) is 10.00 Å². The monoisotopic (exact) mass is 476 g/mol. The molecule has 1 atom stereocenters. The lowest BCUT2D eigenvalue weighted by atomic mass is 9.90. The number of benzene rings is 3. The predicted octanol–water partition coefficient (Wildman–Crippen LogP) is 4.96. The molecule has 1 aromatic heterocycles. The molecule has 0 spiro atoms. The molecule has 5 rings (SSSR count). The van der Waals surface area contributed by atoms with Crippen LogP contribution in [0.3, 0.4) is 0 Å². The van der Waals surface area contributed by atoms with Crippen LogP contribution in [-0.4, -0.2) is 33.1 Å². The number of carbonyl (C=O) groups is 1. The number of carbonyl (C=O) groups excluding carboxylic acids is 1. The fourth-order valence-electron chi connectivity index (χ4n) is 4.80. The lowest BCUT2D eigenvalue weighted by Crippen LogP contribution is -2.46. The van der Waals surface area contributed by atoms with Crippen LogP contribution in [0.2, 0.25) is 0 Å². The molecule has 0 N–H and O–H groups in total. The lowest BCUT2D eigenvalue weighted by molar-refractivity contribution is -0.150. The maximum absolute atomic E-state index is 13.0. The van der Waals surface area contributed by atoms with Gasteiger partial charge in [-0.05, 0) is 59.4 Å². The summed E-state index contributed by atoms with van der Waals surface area (Å²) in [5.74, 6) is -0.187. The Hall–Kier alpha value is -4.21. The van der Waals surface area contributed by atoms with E-state index in [1.54, 1.807) is 0 Å². The van der Waals surface area contributed by atoms with Crippen molar-refractivity contribution in [2.45, 2.75) is 39.0 Å². The summed E-state index contributed by atoms with van der Waals surface area (Å²) in [6.45, 7) is 4.08. The van der Waals surface area contributed by atoms with Crippen molar-refractivity contribution in [1.82, 2.24) is 14.5 Å². The van der Waals surface area contributed by atoms with Crippen LogP contribution in [0.25, 0.3) is 11.1 Å². The predicted molar refractivity (Wildman–Crippen MR) is 138 cm³/mol. The highest BCUT2D eigenvalue weighted by atomic mass is 16.5. The van der Waals surface area contributed by atoms with Crippen LogP contribution in [0.1, 0.15) is 34.9 Å². The van der Waals surface area contributed by atoms with Crippen molar-refractivity contribution in [3.8, 4) is 17.2 Å². The van der Waals surface area contributed by atoms with Crippen molar-refractivity contribution < 1.29 is 9.53 Å². The van der Waals surface area contributed by atoms with Gasteiger partial charge in [0.25, 0.3) is 0 Å². The second kappa shape index (κ2) is 10.6. The molecule has 6 heteroatoms. The van der Waals surface area contributed by atoms with Gasteiger partial charge in [-0.15, -0.1) is 0 Å². The van der Waals surface area contributed by atoms with Crippen molar-refractivity contribution in [3.05, 3.63) is 113 Å². The quantitative estimate of drug-likeness (QED) is 0.353. The van der Waals surface area contributed by atoms with E-state index in [1.807, 2.05) is 61.9 Å². The SMILES string of the molecule is CCOC(=O)[C@@H]1Cc2ccc(-c3ccccc3)cc2CN1Cc1cncn1Cc1ccc(C#N)cc1. The number of nitriles is 1. The second-order valence-corrected chi connectivity index (χ2v) is 9.05. The number of imidazole rings is 1. The molecule has 3 aromatic carbocycles. The van der Waals surface area contributed by atoms with Crippen LogP contribution in [-0.2, 0) is 35.6 Å². The Bertz CT molecular complexity index is 1390. The van der Waals surface area contributed by atoms with Gasteiger partial charge in [-0.3, -0.25) is 9.69 Å². The van der Waals surface area contributed by atoms with E-state index >= 15 is 0 Å². The van der Waals surface area contributed by atoms with E-state index in [9.17, 15) is 4.79 Å². The minimum absolute atomic E-state index is 0.187. The molecule has 1 aliphatic rings. The molecular weight excluding hydrogens is 448 g/mol. The van der Waals surface area contributed by atoms with Crippen LogP contribution < -0.4 is 0 Å². The minimum atomic E-state index is -0.349. The van der Waals surface area contributed by atoms with E-state index in [2.05, 4.69) is 50.9 Å². The molecule has 0 unspecified atom stereocenters. The lowest BCUT2D eigenvalue weighted by Gasteiger charge is -2.35. The molecule has 0 aliphatic carbocycles. The summed E-state index contributed by atoms with van der Waals surface area (Å²) in [6.07, 6.45) is 4.30. The molecule has 1 aliphatic heterocycles. The van der Waals surface area contributed by atoms with E-state index in [1.165, 1.54) is 22.3 Å². The van der Waals surface area contributed by atoms with Crippen LogP contribution in [0.5, 0.6) is 0 Å². The fourth-order valence-corrected chi connectivity index (χ4v) is 4.80. The zero-order valence-corrected chi connectivity index (χ0v) is 20.3. The third kappa shape index (κ3) is 5.07. The summed E-state index contributed by atoms with van der Waals surface area (Å²) in [5, 5.41) is 9.06. The van der Waals surface area contributed by atoms with E-state index in [-0.39, 0.29) is 12.0 Å². The second-order valence-electron chi connectivity index (χ2n) is 9.05. The molecule has 0 bridgehead atoms. The first kappa shape index (κ1) is 23.5. The number of ether oxygens (including phenoxy) is 1. The van der Waals surface area contributed by atoms with Gasteiger partial charge in [-0.1, -0.05) is 54.6 Å². The van der Waals surface area contributed by atoms with Gasteiger partial charge in [0.15, 0.2) is 0 Å². The zero-order chi connectivity index (χ0) is 24.9. The first-order valence-corrected chi connectivity index (χ1v) is 12.2. The summed E-state index contributed by atoms with van der Waals surface area (Å²) < 4.78 is 7.55. The summed E-state index contributed by atoms with van der Waals surface area (Å²) in [4.78, 5) is 19.5. The summed E-state index contributed by atoms with van der Waals surface area (Å²) in [6, 6.07) is 26.3. The summed E-state index contributed by atoms with van der Waals surface area (Å²) >= 11 is 0. The molecule has 0 saturated carbocycles. The van der Waals surface area contributed by atoms with Crippen molar-refractivity contribution in [2.75, 3.05) is 6.61 Å². The van der Waals surface area contributed by atoms with Crippen molar-refractivity contribution in [1.29, 1.82) is 5.26 Å². The van der Waals surface area contributed by atoms with Gasteiger partial charge >= 0.3 is 5.97 Å². The van der Waals surface area contributed by atoms with Gasteiger partial charge in [-0.2, -0.15) is 5.26 Å². The van der Waals surface area contributed by atoms with Crippen LogP contribution in [0, 0.1) is 11.3 Å². The third-order valence-electron chi connectivity index (χ3n) is 6.70. The molecule has 0 saturated heterocycles. The van der Waals surface area contributed by atoms with E-state index in [0.29, 0.717) is 38.2 Å². The molecule has 2 heterocycles. The molecule has 0 amide bonds. The zero-order valence-electron chi connectivity index (χ0n) is 20.3. The number of esters is 1. The number of nitrogens with zero attached hydrogens (tertiary/aromatic N) is 4. The number of aromatic nitrogens is 2. The molecule has 4 aromatic rings. The van der Waals surface area contributed by atoms with Gasteiger partial charge in [-0.25, -0.2) is 4.98 Å². The maximum atomic E-state index is 13.0. The number of fused-ring (bicyclic) bond motifs is 1. The minimum Gasteiger partial charge on any atom is -0.465 e. The molecular formula is C30H28N4O2. The highest BCUT2D eigenvalue weighted by Crippen LogP contribution is 2.30. The normalized spacial score (nSPS) is 15.2. The Labute approximate surface area is 211 Å². The smallest absolute Gasteiger partial charge is 0.323 e. The van der Waals surface area contributed by atoms with E-state index in [0.717, 1.165) is 11.3 Å². The number of rotatable bonds is 7. The first-order chi connectivity index (χ1) is 17.6. The van der Waals surface area contributed by atoms with Gasteiger partial charge < -0.3 is 9.30 Å². The van der Waals surface area contributed by atoms with Crippen molar-refractivity contribution in [2.24, 2.45) is 0 Å². The highest BCUT2D eigenvalue weighted by Gasteiger charge is 2.33. The average Bonchev–Trinajstić information content (AvgIpc) is 3.35. The maximum Gasteiger partial charge on any atom is 0.323 e. The highest BCUT2D eigenvalue weighted by molar-refractivity contribution is 5.77. The number of hydrogen-bond acceptors (Lipinski definition) is 5. The van der Waals surface area contributed by atoms with E-state index < -0.39 is 0 Å². The first-order valence-electron chi connectivity index (χ1n) is 12.2. The molecule has 180 valence electrons. The Kier molecular flexibility index (Phi) is 6.92. The van der Waals surface area contributed by atoms with Gasteiger partial charge in [0.05, 0.1) is 30.3 Å². The molecule has 0 fully saturated rings. The van der Waals surface area contributed by atoms with Gasteiger partial charge in [0, 0.05) is 25.8 Å². The van der Waals surface area contributed by atoms with Crippen molar-refractivity contribution >= 4 is 5.97 Å². The van der Waals surface area contributed by atoms with Gasteiger partial charge in [0.1, 0.15) is 6.04 Å². The standard InChI is InChI=1S/C30H28N4O2/c1-2-36-30(35)29-15-26-13-12-25(24-6-4-3-5-7-24)14-27(26)19-33(29)20-28-17-32-21-34(28)18-23-10-8-22(16-31)9-11-23/h3-14,17,21,29H,2,15,18-20H2,1H3/t29-/m0/s1. The Morgan fingerprint density at radius 3 is 2.58 bits per heavy atom. The van der Waals surface area contributed by atoms with Gasteiger partial charge in [0.2, 0.25) is 0 Å². The Morgan fingerprint density at radius 2 is 1.83 bits per heavy atom. The summed E-state index contributed by atoms with van der Waals surface area (Å²) in [5.41, 5.74) is 7.53. The van der Waals surface area contributed by atoms with Crippen LogP contribution >= 0.6 is 0 Å². The van der Waals surface area contributed by atoms with Crippen LogP contribution in [0.15, 0.2) is 85.3 Å². The van der Waals surface area contributed by atoms with Crippen molar-refractivity contribution in [3.63, 3.8) is 0 Å². The molecule has 6 nitrogen and oxygen atoms in total. The number of hydrogen-bond donors (Lipinski definition) is 0. The molecule has 36 heavy (non-hydrogen) atoms. The largest absolute Gasteiger partial charge is 0.465 e. The average molecular weight is 477 g/mol. The molecule has 0 radical (unpaired) electrons. The Morgan fingerprint density at radius 1 is 1.03 bits per heavy atom. The van der Waals surface area contributed by atoms with Crippen LogP contribution in [0.4, 0.5) is 0 Å². The fraction of sp³-hybridized carbons (Fsp3) is 0.233. The third-order valence-corrected chi connectivity index (χ3v) is 6.70. The summed E-state index contributed by atoms with van der Waals surface area (Å²) in [7, 11) is 0. The Balaban J connectivity index is 1.41. The topological polar surface area (TPSA) is 71.2 Å².